The van der Waals surface area contributed by atoms with Crippen LogP contribution in [0.1, 0.15) is 47.8 Å². The number of H-pyrrole nitrogens is 1. The van der Waals surface area contributed by atoms with Crippen molar-refractivity contribution < 1.29 is 4.79 Å². The van der Waals surface area contributed by atoms with Crippen molar-refractivity contribution in [3.8, 4) is 0 Å². The number of aromatic nitrogens is 4. The van der Waals surface area contributed by atoms with Gasteiger partial charge in [0.1, 0.15) is 5.69 Å². The smallest absolute Gasteiger partial charge is 0.274 e. The number of rotatable bonds is 4. The van der Waals surface area contributed by atoms with Gasteiger partial charge in [-0.1, -0.05) is 0 Å². The number of carbonyl (C=O) groups is 1. The van der Waals surface area contributed by atoms with Gasteiger partial charge >= 0.3 is 0 Å². The quantitative estimate of drug-likeness (QED) is 0.917. The molecule has 0 spiro atoms. The molecular formula is C16H19N5O2. The Morgan fingerprint density at radius 1 is 1.35 bits per heavy atom. The first-order valence-electron chi connectivity index (χ1n) is 8.11. The molecule has 0 aromatic carbocycles. The fourth-order valence-electron chi connectivity index (χ4n) is 3.21. The van der Waals surface area contributed by atoms with Crippen molar-refractivity contribution in [1.82, 2.24) is 24.9 Å². The molecule has 2 aliphatic rings. The van der Waals surface area contributed by atoms with Gasteiger partial charge in [0.05, 0.1) is 12.6 Å². The van der Waals surface area contributed by atoms with Gasteiger partial charge in [-0.25, -0.2) is 4.68 Å². The maximum atomic E-state index is 12.7. The summed E-state index contributed by atoms with van der Waals surface area (Å²) in [5.74, 6) is 0.491. The lowest BCUT2D eigenvalue weighted by atomic mass is 10.2. The number of nitrogens with one attached hydrogen (secondary N) is 1. The molecule has 1 unspecified atom stereocenters. The number of hydrogen-bond acceptors (Lipinski definition) is 4. The summed E-state index contributed by atoms with van der Waals surface area (Å²) in [5.41, 5.74) is 1.40. The van der Waals surface area contributed by atoms with E-state index >= 15 is 0 Å². The monoisotopic (exact) mass is 313 g/mol. The Morgan fingerprint density at radius 2 is 2.22 bits per heavy atom. The minimum atomic E-state index is -0.136. The van der Waals surface area contributed by atoms with Crippen molar-refractivity contribution in [2.45, 2.75) is 44.2 Å². The summed E-state index contributed by atoms with van der Waals surface area (Å²) in [7, 11) is 0. The maximum absolute atomic E-state index is 12.7. The van der Waals surface area contributed by atoms with Crippen LogP contribution in [0.15, 0.2) is 29.2 Å². The highest BCUT2D eigenvalue weighted by Gasteiger charge is 2.32. The third-order valence-corrected chi connectivity index (χ3v) is 4.64. The number of aromatic amines is 1. The Hall–Kier alpha value is -2.44. The van der Waals surface area contributed by atoms with Gasteiger partial charge in [-0.3, -0.25) is 14.7 Å². The minimum absolute atomic E-state index is 0.00354. The summed E-state index contributed by atoms with van der Waals surface area (Å²) < 4.78 is 1.43. The van der Waals surface area contributed by atoms with Crippen LogP contribution in [0, 0.1) is 0 Å². The molecule has 0 radical (unpaired) electrons. The van der Waals surface area contributed by atoms with Crippen LogP contribution in [0.25, 0.3) is 0 Å². The lowest BCUT2D eigenvalue weighted by molar-refractivity contribution is 0.0714. The van der Waals surface area contributed by atoms with Crippen molar-refractivity contribution in [3.63, 3.8) is 0 Å². The molecular weight excluding hydrogens is 294 g/mol. The summed E-state index contributed by atoms with van der Waals surface area (Å²) in [6.07, 6.45) is 5.76. The van der Waals surface area contributed by atoms with Gasteiger partial charge in [0.15, 0.2) is 0 Å². The van der Waals surface area contributed by atoms with Crippen LogP contribution in [0.5, 0.6) is 0 Å². The largest absolute Gasteiger partial charge is 0.332 e. The van der Waals surface area contributed by atoms with Crippen molar-refractivity contribution in [1.29, 1.82) is 0 Å². The zero-order valence-corrected chi connectivity index (χ0v) is 12.8. The average Bonchev–Trinajstić information content (AvgIpc) is 3.11. The highest BCUT2D eigenvalue weighted by atomic mass is 16.2. The number of hydrogen-bond donors (Lipinski definition) is 1. The van der Waals surface area contributed by atoms with Gasteiger partial charge in [0.25, 0.3) is 11.5 Å². The van der Waals surface area contributed by atoms with E-state index < -0.39 is 0 Å². The third-order valence-electron chi connectivity index (χ3n) is 4.64. The van der Waals surface area contributed by atoms with Crippen molar-refractivity contribution >= 4 is 5.91 Å². The second-order valence-corrected chi connectivity index (χ2v) is 6.32. The van der Waals surface area contributed by atoms with Crippen molar-refractivity contribution in [2.24, 2.45) is 0 Å². The maximum Gasteiger partial charge on any atom is 0.274 e. The number of amides is 1. The molecule has 7 heteroatoms. The van der Waals surface area contributed by atoms with Crippen LogP contribution < -0.4 is 5.56 Å². The summed E-state index contributed by atoms with van der Waals surface area (Å²) in [6, 6.07) is 4.99. The third kappa shape index (κ3) is 2.78. The van der Waals surface area contributed by atoms with Gasteiger partial charge in [-0.2, -0.15) is 10.2 Å². The van der Waals surface area contributed by atoms with Crippen molar-refractivity contribution in [2.75, 3.05) is 6.54 Å². The van der Waals surface area contributed by atoms with Crippen molar-refractivity contribution in [3.05, 3.63) is 46.1 Å². The Morgan fingerprint density at radius 3 is 3.00 bits per heavy atom. The molecule has 7 nitrogen and oxygen atoms in total. The van der Waals surface area contributed by atoms with E-state index in [-0.39, 0.29) is 17.5 Å². The summed E-state index contributed by atoms with van der Waals surface area (Å²) in [4.78, 5) is 26.4. The molecule has 1 N–H and O–H groups in total. The molecule has 120 valence electrons. The SMILES string of the molecule is O=C(c1cc(C2CC2)[nH]n1)N1CCCC1Cn1ncccc1=O. The first kappa shape index (κ1) is 14.2. The zero-order valence-electron chi connectivity index (χ0n) is 12.8. The predicted octanol–water partition coefficient (Wildman–Crippen LogP) is 1.15. The normalized spacial score (nSPS) is 20.9. The highest BCUT2D eigenvalue weighted by molar-refractivity contribution is 5.92. The molecule has 1 amide bonds. The number of carbonyl (C=O) groups excluding carboxylic acids is 1. The molecule has 1 aliphatic carbocycles. The van der Waals surface area contributed by atoms with E-state index in [4.69, 9.17) is 0 Å². The van der Waals surface area contributed by atoms with Crippen LogP contribution in [0.3, 0.4) is 0 Å². The molecule has 1 atom stereocenters. The van der Waals surface area contributed by atoms with E-state index in [2.05, 4.69) is 15.3 Å². The highest BCUT2D eigenvalue weighted by Crippen LogP contribution is 2.39. The molecule has 2 aromatic rings. The first-order chi connectivity index (χ1) is 11.2. The summed E-state index contributed by atoms with van der Waals surface area (Å²) in [6.45, 7) is 1.14. The Bertz CT molecular complexity index is 777. The Kier molecular flexibility index (Phi) is 3.48. The molecule has 2 fully saturated rings. The molecule has 0 bridgehead atoms. The fraction of sp³-hybridized carbons (Fsp3) is 0.500. The second-order valence-electron chi connectivity index (χ2n) is 6.32. The second kappa shape index (κ2) is 5.64. The van der Waals surface area contributed by atoms with Crippen LogP contribution in [0.2, 0.25) is 0 Å². The van der Waals surface area contributed by atoms with Gasteiger partial charge in [-0.05, 0) is 37.8 Å². The molecule has 23 heavy (non-hydrogen) atoms. The number of nitrogens with zero attached hydrogens (tertiary/aromatic N) is 4. The van der Waals surface area contributed by atoms with Gasteiger partial charge in [-0.15, -0.1) is 0 Å². The van der Waals surface area contributed by atoms with E-state index in [1.165, 1.54) is 23.6 Å². The molecule has 4 rings (SSSR count). The first-order valence-corrected chi connectivity index (χ1v) is 8.11. The van der Waals surface area contributed by atoms with Crippen LogP contribution >= 0.6 is 0 Å². The van der Waals surface area contributed by atoms with Crippen LogP contribution in [0.4, 0.5) is 0 Å². The zero-order chi connectivity index (χ0) is 15.8. The Balaban J connectivity index is 1.51. The van der Waals surface area contributed by atoms with E-state index in [1.807, 2.05) is 11.0 Å². The predicted molar refractivity (Wildman–Crippen MR) is 83.1 cm³/mol. The fourth-order valence-corrected chi connectivity index (χ4v) is 3.21. The van der Waals surface area contributed by atoms with E-state index in [1.54, 1.807) is 12.3 Å². The van der Waals surface area contributed by atoms with Crippen LogP contribution in [-0.2, 0) is 6.54 Å². The van der Waals surface area contributed by atoms with E-state index in [9.17, 15) is 9.59 Å². The summed E-state index contributed by atoms with van der Waals surface area (Å²) >= 11 is 0. The lowest BCUT2D eigenvalue weighted by Gasteiger charge is -2.24. The van der Waals surface area contributed by atoms with E-state index in [0.29, 0.717) is 24.7 Å². The Labute approximate surface area is 133 Å². The molecule has 1 saturated heterocycles. The lowest BCUT2D eigenvalue weighted by Crippen LogP contribution is -2.40. The molecule has 1 aliphatic heterocycles. The standard InChI is InChI=1S/C16H19N5O2/c22-15-4-1-7-17-21(15)10-12-3-2-8-20(12)16(23)14-9-13(18-19-14)11-5-6-11/h1,4,7,9,11-12H,2-3,5-6,8,10H2,(H,18,19). The van der Waals surface area contributed by atoms with Gasteiger partial charge < -0.3 is 4.90 Å². The van der Waals surface area contributed by atoms with Gasteiger partial charge in [0, 0.05) is 30.4 Å². The van der Waals surface area contributed by atoms with Crippen LogP contribution in [-0.4, -0.2) is 43.4 Å². The molecule has 1 saturated carbocycles. The number of likely N-dealkylation sites (tertiary alicyclic amines) is 1. The van der Waals surface area contributed by atoms with E-state index in [0.717, 1.165) is 18.5 Å². The molecule has 3 heterocycles. The average molecular weight is 313 g/mol. The van der Waals surface area contributed by atoms with Gasteiger partial charge in [0.2, 0.25) is 0 Å². The minimum Gasteiger partial charge on any atom is -0.332 e. The topological polar surface area (TPSA) is 83.9 Å². The molecule has 2 aromatic heterocycles. The summed E-state index contributed by atoms with van der Waals surface area (Å²) in [5, 5.41) is 11.2.